The van der Waals surface area contributed by atoms with E-state index in [0.717, 1.165) is 18.0 Å². The van der Waals surface area contributed by atoms with E-state index in [0.29, 0.717) is 45.3 Å². The highest BCUT2D eigenvalue weighted by atomic mass is 16.5. The van der Waals surface area contributed by atoms with Gasteiger partial charge in [-0.25, -0.2) is 0 Å². The summed E-state index contributed by atoms with van der Waals surface area (Å²) in [6.45, 7) is 34.3. The summed E-state index contributed by atoms with van der Waals surface area (Å²) in [5.41, 5.74) is 0. The van der Waals surface area contributed by atoms with Crippen molar-refractivity contribution in [1.82, 2.24) is 65.4 Å². The molecule has 14 atom stereocenters. The van der Waals surface area contributed by atoms with E-state index >= 15 is 28.8 Å². The first kappa shape index (κ1) is 83.0. The Morgan fingerprint density at radius 2 is 0.947 bits per heavy atom. The predicted molar refractivity (Wildman–Crippen MR) is 365 cm³/mol. The van der Waals surface area contributed by atoms with Crippen molar-refractivity contribution in [3.05, 3.63) is 12.2 Å². The third kappa shape index (κ3) is 21.9. The fraction of sp³-hybridized carbons (Fsp3) is 0.812. The third-order valence-electron chi connectivity index (χ3n) is 19.4. The first-order valence-electron chi connectivity index (χ1n) is 34.6. The van der Waals surface area contributed by atoms with Crippen molar-refractivity contribution in [3.8, 4) is 0 Å². The number of ether oxygens (including phenoxy) is 1. The number of amides is 11. The molecule has 5 N–H and O–H groups in total. The molecule has 0 aliphatic carbocycles. The van der Waals surface area contributed by atoms with Crippen LogP contribution in [0.25, 0.3) is 0 Å². The van der Waals surface area contributed by atoms with Gasteiger partial charge in [0.2, 0.25) is 65.0 Å². The average Bonchev–Trinajstić information content (AvgIpc) is 0.811. The van der Waals surface area contributed by atoms with Crippen LogP contribution in [-0.4, -0.2) is 288 Å². The highest BCUT2D eigenvalue weighted by molar-refractivity contribution is 6.00. The SMILES string of the molecule is CC=CC[C@@H](C)[C@@H](O)[C@H]1C(=O)N[C@@H](CC)C(=O)N(C)[C@H](C)C(=O)N(C)[C@@H]([C@H](C)CN2CCN(C3COC3)CC2)C(=O)N[C@@H](C(C)C)C(=O)N(C)[C@@H](CC(C)C)C(=O)N[C@@H](C)C(=O)N[C@H](C)C(=O)N(C)[C@@H](CC(C)C)C(=O)N(C)[C@@H](CC(C)C)C(=O)N(C)[C@@H](C(C)C)C(=O)N1C. The molecule has 3 saturated heterocycles. The van der Waals surface area contributed by atoms with Crippen molar-refractivity contribution in [1.29, 1.82) is 0 Å². The number of nitrogens with one attached hydrogen (secondary N) is 4. The quantitative estimate of drug-likeness (QED) is 0.131. The summed E-state index contributed by atoms with van der Waals surface area (Å²) in [6.07, 6.45) is 2.84. The van der Waals surface area contributed by atoms with Gasteiger partial charge in [-0.1, -0.05) is 102 Å². The van der Waals surface area contributed by atoms with Gasteiger partial charge in [-0.05, 0) is 101 Å². The molecular formula is C69H123N13O13. The van der Waals surface area contributed by atoms with Crippen molar-refractivity contribution in [2.24, 2.45) is 41.4 Å². The molecule has 3 rings (SSSR count). The lowest BCUT2D eigenvalue weighted by atomic mass is 9.91. The zero-order valence-electron chi connectivity index (χ0n) is 62.1. The minimum absolute atomic E-state index is 0.00644. The monoisotopic (exact) mass is 1340 g/mol. The van der Waals surface area contributed by atoms with Crippen LogP contribution in [-0.2, 0) is 57.5 Å². The van der Waals surface area contributed by atoms with Crippen molar-refractivity contribution in [2.45, 2.75) is 228 Å². The first-order valence-corrected chi connectivity index (χ1v) is 34.6. The molecule has 0 aromatic rings. The number of carbonyl (C=O) groups is 11. The fourth-order valence-corrected chi connectivity index (χ4v) is 13.1. The van der Waals surface area contributed by atoms with Gasteiger partial charge in [-0.2, -0.15) is 0 Å². The van der Waals surface area contributed by atoms with E-state index in [9.17, 15) is 29.1 Å². The van der Waals surface area contributed by atoms with Crippen LogP contribution in [0.15, 0.2) is 12.2 Å². The second kappa shape index (κ2) is 37.5. The van der Waals surface area contributed by atoms with Gasteiger partial charge < -0.3 is 70.3 Å². The van der Waals surface area contributed by atoms with E-state index in [1.807, 2.05) is 61.5 Å². The molecule has 0 radical (unpaired) electrons. The zero-order chi connectivity index (χ0) is 72.5. The molecule has 0 saturated carbocycles. The molecule has 3 heterocycles. The van der Waals surface area contributed by atoms with Gasteiger partial charge >= 0.3 is 0 Å². The Labute approximate surface area is 568 Å². The number of aliphatic hydroxyl groups excluding tert-OH is 1. The molecule has 95 heavy (non-hydrogen) atoms. The van der Waals surface area contributed by atoms with E-state index in [-0.39, 0.29) is 43.4 Å². The Morgan fingerprint density at radius 3 is 1.42 bits per heavy atom. The van der Waals surface area contributed by atoms with Crippen LogP contribution in [0.4, 0.5) is 0 Å². The molecule has 0 aromatic heterocycles. The van der Waals surface area contributed by atoms with Crippen molar-refractivity contribution in [3.63, 3.8) is 0 Å². The number of rotatable bonds is 17. The normalized spacial score (nSPS) is 28.7. The summed E-state index contributed by atoms with van der Waals surface area (Å²) in [5, 5.41) is 23.5. The molecule has 0 aromatic carbocycles. The minimum atomic E-state index is -1.63. The zero-order valence-corrected chi connectivity index (χ0v) is 62.1. The van der Waals surface area contributed by atoms with Gasteiger partial charge in [-0.3, -0.25) is 57.6 Å². The van der Waals surface area contributed by atoms with Crippen molar-refractivity contribution >= 4 is 65.0 Å². The average molecular weight is 1340 g/mol. The molecule has 0 spiro atoms. The number of hydrogen-bond donors (Lipinski definition) is 5. The Kier molecular flexibility index (Phi) is 32.7. The Morgan fingerprint density at radius 1 is 0.484 bits per heavy atom. The maximum atomic E-state index is 15.3. The molecule has 3 aliphatic rings. The summed E-state index contributed by atoms with van der Waals surface area (Å²) < 4.78 is 5.46. The molecule has 3 aliphatic heterocycles. The number of allylic oxidation sites excluding steroid dienone is 2. The number of carbonyl (C=O) groups excluding carboxylic acids is 11. The predicted octanol–water partition coefficient (Wildman–Crippen LogP) is 2.26. The van der Waals surface area contributed by atoms with Gasteiger partial charge in [0.1, 0.15) is 66.5 Å². The standard InChI is InChI=1S/C69H123N13O13/c1-25-27-28-44(13)58(83)57-62(87)72-50(26-2)65(90)74(18)48(17)64(89)79(23)56(45(14)36-81-29-31-82(32-30-81)49-37-95-38-49)61(86)73-54(42(9)10)68(93)75(19)51(33-39(3)4)60(85)70-46(15)59(84)71-47(16)63(88)76(20)52(34-40(5)6)66(91)77(21)53(35-41(7)8)67(92)78(22)55(43(11)12)69(94)80(57)24/h25,27,39-58,83H,26,28-38H2,1-24H3,(H,70,85)(H,71,84)(H,72,87)(H,73,86)/t44-,45-,46+,47-,48-,50+,51+,52+,53+,54+,55+,56+,57+,58-/m1/s1. The molecule has 0 unspecified atom stereocenters. The molecule has 26 nitrogen and oxygen atoms in total. The van der Waals surface area contributed by atoms with E-state index in [4.69, 9.17) is 4.74 Å². The van der Waals surface area contributed by atoms with Crippen LogP contribution >= 0.6 is 0 Å². The van der Waals surface area contributed by atoms with Gasteiger partial charge in [-0.15, -0.1) is 0 Å². The maximum Gasteiger partial charge on any atom is 0.246 e. The Bertz CT molecular complexity index is 2640. The molecule has 0 bridgehead atoms. The highest BCUT2D eigenvalue weighted by Gasteiger charge is 2.47. The van der Waals surface area contributed by atoms with Gasteiger partial charge in [0.05, 0.1) is 25.4 Å². The van der Waals surface area contributed by atoms with Gasteiger partial charge in [0.15, 0.2) is 0 Å². The van der Waals surface area contributed by atoms with Crippen LogP contribution in [0.1, 0.15) is 150 Å². The highest BCUT2D eigenvalue weighted by Crippen LogP contribution is 2.27. The van der Waals surface area contributed by atoms with Crippen LogP contribution < -0.4 is 21.3 Å². The smallest absolute Gasteiger partial charge is 0.246 e. The van der Waals surface area contributed by atoms with Crippen LogP contribution in [0.3, 0.4) is 0 Å². The number of hydrogen-bond acceptors (Lipinski definition) is 15. The van der Waals surface area contributed by atoms with E-state index < -0.39 is 161 Å². The first-order chi connectivity index (χ1) is 44.2. The lowest BCUT2D eigenvalue weighted by Gasteiger charge is -2.44. The molecular weight excluding hydrogens is 1220 g/mol. The number of likely N-dealkylation sites (N-methyl/N-ethyl adjacent to an activating group) is 7. The summed E-state index contributed by atoms with van der Waals surface area (Å²) in [5.74, 6) is -10.2. The Hall–Kier alpha value is -6.25. The number of piperazine rings is 1. The van der Waals surface area contributed by atoms with Crippen LogP contribution in [0.5, 0.6) is 0 Å². The summed E-state index contributed by atoms with van der Waals surface area (Å²) in [4.78, 5) is 177. The van der Waals surface area contributed by atoms with Crippen LogP contribution in [0, 0.1) is 41.4 Å². The second-order valence-electron chi connectivity index (χ2n) is 29.3. The van der Waals surface area contributed by atoms with E-state index in [1.54, 1.807) is 47.6 Å². The summed E-state index contributed by atoms with van der Waals surface area (Å²) in [7, 11) is 10.1. The number of nitrogens with zero attached hydrogens (tertiary/aromatic N) is 9. The van der Waals surface area contributed by atoms with E-state index in [1.165, 1.54) is 99.5 Å². The van der Waals surface area contributed by atoms with Gasteiger partial charge in [0, 0.05) is 82.1 Å². The molecule has 11 amide bonds. The lowest BCUT2D eigenvalue weighted by molar-refractivity contribution is -0.157. The number of aliphatic hydroxyl groups is 1. The summed E-state index contributed by atoms with van der Waals surface area (Å²) >= 11 is 0. The van der Waals surface area contributed by atoms with Gasteiger partial charge in [0.25, 0.3) is 0 Å². The summed E-state index contributed by atoms with van der Waals surface area (Å²) in [6, 6.07) is -13.5. The second-order valence-corrected chi connectivity index (χ2v) is 29.3. The molecule has 542 valence electrons. The van der Waals surface area contributed by atoms with Crippen molar-refractivity contribution in [2.75, 3.05) is 95.3 Å². The molecule has 26 heteroatoms. The third-order valence-corrected chi connectivity index (χ3v) is 19.4. The maximum absolute atomic E-state index is 15.3. The topological polar surface area (TPSA) is 295 Å². The Balaban J connectivity index is 2.33. The lowest BCUT2D eigenvalue weighted by Crippen LogP contribution is -2.64. The van der Waals surface area contributed by atoms with Crippen LogP contribution in [0.2, 0.25) is 0 Å². The molecule has 3 fully saturated rings. The fourth-order valence-electron chi connectivity index (χ4n) is 13.1. The van der Waals surface area contributed by atoms with E-state index in [2.05, 4.69) is 31.1 Å². The minimum Gasteiger partial charge on any atom is -0.390 e. The van der Waals surface area contributed by atoms with Crippen molar-refractivity contribution < 1.29 is 62.6 Å². The largest absolute Gasteiger partial charge is 0.390 e.